The second-order valence-electron chi connectivity index (χ2n) is 2.73. The molecule has 0 atom stereocenters. The van der Waals surface area contributed by atoms with Crippen LogP contribution in [0.1, 0.15) is 0 Å². The second kappa shape index (κ2) is 6.84. The Labute approximate surface area is 94.1 Å². The van der Waals surface area contributed by atoms with Gasteiger partial charge in [0.2, 0.25) is 0 Å². The van der Waals surface area contributed by atoms with Gasteiger partial charge in [0.25, 0.3) is 0 Å². The molecule has 0 N–H and O–H groups in total. The van der Waals surface area contributed by atoms with Crippen LogP contribution in [0, 0.1) is 0 Å². The molecule has 0 aliphatic heterocycles. The minimum absolute atomic E-state index is 0.869. The highest BCUT2D eigenvalue weighted by atomic mass is 28.1. The number of hydrogen-bond acceptors (Lipinski definition) is 1. The summed E-state index contributed by atoms with van der Waals surface area (Å²) in [5, 5.41) is 0. The zero-order valence-electron chi connectivity index (χ0n) is 9.18. The number of para-hydroxylation sites is 2. The standard InChI is InChI=1S/C12H10O.CH6Si/c1-3-7-11(8-4-1)13-12-9-5-2-6-10-12;1-2/h1-10H;1-2H3. The van der Waals surface area contributed by atoms with E-state index in [1.54, 1.807) is 0 Å². The average molecular weight is 216 g/mol. The Bertz CT molecular complexity index is 321. The van der Waals surface area contributed by atoms with Crippen molar-refractivity contribution in [3.63, 3.8) is 0 Å². The van der Waals surface area contributed by atoms with Crippen molar-refractivity contribution in [2.75, 3.05) is 0 Å². The molecule has 0 aliphatic carbocycles. The molecule has 0 fully saturated rings. The summed E-state index contributed by atoms with van der Waals surface area (Å²) in [6, 6.07) is 19.5. The minimum atomic E-state index is 0.869. The van der Waals surface area contributed by atoms with Gasteiger partial charge in [0.05, 0.1) is 0 Å². The van der Waals surface area contributed by atoms with Crippen LogP contribution in [-0.4, -0.2) is 10.2 Å². The van der Waals surface area contributed by atoms with Crippen molar-refractivity contribution in [1.82, 2.24) is 0 Å². The van der Waals surface area contributed by atoms with Gasteiger partial charge in [-0.25, -0.2) is 0 Å². The highest BCUT2D eigenvalue weighted by Gasteiger charge is 1.92. The summed E-state index contributed by atoms with van der Waals surface area (Å²) in [5.74, 6) is 1.74. The Morgan fingerprint density at radius 2 is 1.00 bits per heavy atom. The summed E-state index contributed by atoms with van der Waals surface area (Å²) in [4.78, 5) is 0. The number of ether oxygens (including phenoxy) is 1. The van der Waals surface area contributed by atoms with E-state index in [1.165, 1.54) is 10.2 Å². The third-order valence-electron chi connectivity index (χ3n) is 1.72. The van der Waals surface area contributed by atoms with Gasteiger partial charge < -0.3 is 4.74 Å². The van der Waals surface area contributed by atoms with E-state index in [1.807, 2.05) is 60.7 Å². The van der Waals surface area contributed by atoms with Crippen molar-refractivity contribution < 1.29 is 4.74 Å². The Hall–Kier alpha value is -1.54. The lowest BCUT2D eigenvalue weighted by Gasteiger charge is -2.03. The van der Waals surface area contributed by atoms with Gasteiger partial charge in [-0.15, -0.1) is 0 Å². The van der Waals surface area contributed by atoms with Crippen molar-refractivity contribution >= 4 is 10.2 Å². The lowest BCUT2D eigenvalue weighted by atomic mass is 10.3. The predicted octanol–water partition coefficient (Wildman–Crippen LogP) is 2.88. The smallest absolute Gasteiger partial charge is 0.127 e. The first-order chi connectivity index (χ1) is 7.45. The van der Waals surface area contributed by atoms with Crippen LogP contribution in [-0.2, 0) is 0 Å². The predicted molar refractivity (Wildman–Crippen MR) is 68.8 cm³/mol. The number of benzene rings is 2. The summed E-state index contributed by atoms with van der Waals surface area (Å²) in [6.45, 7) is 2.14. The van der Waals surface area contributed by atoms with E-state index in [0.29, 0.717) is 0 Å². The second-order valence-corrected chi connectivity index (χ2v) is 2.73. The molecule has 0 spiro atoms. The molecule has 78 valence electrons. The molecule has 2 rings (SSSR count). The fraction of sp³-hybridized carbons (Fsp3) is 0.0769. The molecule has 15 heavy (non-hydrogen) atoms. The normalized spacial score (nSPS) is 8.87. The van der Waals surface area contributed by atoms with Crippen LogP contribution < -0.4 is 4.74 Å². The topological polar surface area (TPSA) is 9.23 Å². The molecule has 0 radical (unpaired) electrons. The van der Waals surface area contributed by atoms with Crippen LogP contribution in [0.2, 0.25) is 6.55 Å². The van der Waals surface area contributed by atoms with Crippen molar-refractivity contribution in [3.05, 3.63) is 60.7 Å². The molecule has 0 unspecified atom stereocenters. The van der Waals surface area contributed by atoms with Crippen LogP contribution in [0.5, 0.6) is 11.5 Å². The van der Waals surface area contributed by atoms with Gasteiger partial charge >= 0.3 is 0 Å². The first kappa shape index (κ1) is 11.5. The van der Waals surface area contributed by atoms with E-state index in [0.717, 1.165) is 11.5 Å². The Kier molecular flexibility index (Phi) is 5.26. The van der Waals surface area contributed by atoms with Crippen LogP contribution in [0.15, 0.2) is 60.7 Å². The van der Waals surface area contributed by atoms with E-state index in [2.05, 4.69) is 6.55 Å². The zero-order valence-corrected chi connectivity index (χ0v) is 11.2. The molecular weight excluding hydrogens is 200 g/mol. The van der Waals surface area contributed by atoms with E-state index < -0.39 is 0 Å². The van der Waals surface area contributed by atoms with E-state index >= 15 is 0 Å². The van der Waals surface area contributed by atoms with E-state index in [-0.39, 0.29) is 0 Å². The van der Waals surface area contributed by atoms with Gasteiger partial charge in [0.1, 0.15) is 11.5 Å². The third-order valence-corrected chi connectivity index (χ3v) is 1.72. The highest BCUT2D eigenvalue weighted by molar-refractivity contribution is 6.05. The summed E-state index contributed by atoms with van der Waals surface area (Å²) in [6.07, 6.45) is 0. The van der Waals surface area contributed by atoms with Crippen LogP contribution in [0.3, 0.4) is 0 Å². The molecule has 0 saturated carbocycles. The summed E-state index contributed by atoms with van der Waals surface area (Å²) in [5.41, 5.74) is 0. The molecule has 2 heteroatoms. The van der Waals surface area contributed by atoms with E-state index in [4.69, 9.17) is 4.74 Å². The molecule has 0 aliphatic rings. The van der Waals surface area contributed by atoms with Gasteiger partial charge in [0.15, 0.2) is 0 Å². The Balaban J connectivity index is 0.000000531. The van der Waals surface area contributed by atoms with Crippen LogP contribution >= 0.6 is 0 Å². The van der Waals surface area contributed by atoms with Gasteiger partial charge in [-0.3, -0.25) is 0 Å². The molecule has 0 bridgehead atoms. The summed E-state index contributed by atoms with van der Waals surface area (Å²) < 4.78 is 5.58. The molecule has 1 nitrogen and oxygen atoms in total. The van der Waals surface area contributed by atoms with Gasteiger partial charge in [-0.2, -0.15) is 0 Å². The quantitative estimate of drug-likeness (QED) is 0.701. The lowest BCUT2D eigenvalue weighted by molar-refractivity contribution is 0.482. The number of hydrogen-bond donors (Lipinski definition) is 0. The Morgan fingerprint density at radius 3 is 1.33 bits per heavy atom. The van der Waals surface area contributed by atoms with Crippen LogP contribution in [0.25, 0.3) is 0 Å². The average Bonchev–Trinajstić information content (AvgIpc) is 2.34. The number of rotatable bonds is 2. The first-order valence-electron chi connectivity index (χ1n) is 5.23. The summed E-state index contributed by atoms with van der Waals surface area (Å²) in [7, 11) is 1.31. The maximum atomic E-state index is 5.58. The molecule has 2 aromatic rings. The first-order valence-corrected chi connectivity index (χ1v) is 7.23. The van der Waals surface area contributed by atoms with Gasteiger partial charge in [-0.1, -0.05) is 42.9 Å². The fourth-order valence-corrected chi connectivity index (χ4v) is 1.11. The fourth-order valence-electron chi connectivity index (χ4n) is 1.11. The third kappa shape index (κ3) is 4.00. The zero-order chi connectivity index (χ0) is 10.9. The Morgan fingerprint density at radius 1 is 0.667 bits per heavy atom. The van der Waals surface area contributed by atoms with Crippen molar-refractivity contribution in [3.8, 4) is 11.5 Å². The molecular formula is C13H16OSi. The molecule has 0 saturated heterocycles. The monoisotopic (exact) mass is 216 g/mol. The summed E-state index contributed by atoms with van der Waals surface area (Å²) >= 11 is 0. The maximum Gasteiger partial charge on any atom is 0.127 e. The molecule has 0 amide bonds. The highest BCUT2D eigenvalue weighted by Crippen LogP contribution is 2.19. The van der Waals surface area contributed by atoms with Crippen LogP contribution in [0.4, 0.5) is 0 Å². The largest absolute Gasteiger partial charge is 0.457 e. The molecule has 0 heterocycles. The van der Waals surface area contributed by atoms with Gasteiger partial charge in [-0.05, 0) is 34.5 Å². The van der Waals surface area contributed by atoms with Gasteiger partial charge in [0, 0.05) is 0 Å². The lowest BCUT2D eigenvalue weighted by Crippen LogP contribution is -1.81. The van der Waals surface area contributed by atoms with Crippen molar-refractivity contribution in [2.45, 2.75) is 6.55 Å². The van der Waals surface area contributed by atoms with E-state index in [9.17, 15) is 0 Å². The SMILES string of the molecule is C[SiH3].c1ccc(Oc2ccccc2)cc1. The van der Waals surface area contributed by atoms with Crippen molar-refractivity contribution in [1.29, 1.82) is 0 Å². The molecule has 2 aromatic carbocycles. The van der Waals surface area contributed by atoms with Crippen molar-refractivity contribution in [2.24, 2.45) is 0 Å². The maximum absolute atomic E-state index is 5.58. The molecule has 0 aromatic heterocycles. The minimum Gasteiger partial charge on any atom is -0.457 e.